The number of halogens is 2. The second kappa shape index (κ2) is 8.08. The van der Waals surface area contributed by atoms with Gasteiger partial charge >= 0.3 is 0 Å². The number of likely N-dealkylation sites (tertiary alicyclic amines) is 1. The van der Waals surface area contributed by atoms with E-state index in [0.717, 1.165) is 25.9 Å². The first-order valence-corrected chi connectivity index (χ1v) is 8.34. The summed E-state index contributed by atoms with van der Waals surface area (Å²) < 4.78 is 13.9. The molecule has 1 unspecified atom stereocenters. The molecular formula is C17H24ClFN2O2. The highest BCUT2D eigenvalue weighted by atomic mass is 35.5. The standard InChI is InChI=1S/C17H24ClFN2O2/c1-12(21-8-6-13(11-22)7-9-21)17(23)20(2)10-14-15(18)4-3-5-16(14)19/h3-5,12-13,22H,6-11H2,1-2H3. The minimum Gasteiger partial charge on any atom is -0.396 e. The van der Waals surface area contributed by atoms with Crippen LogP contribution in [0.2, 0.25) is 5.02 Å². The van der Waals surface area contributed by atoms with Crippen molar-refractivity contribution in [1.82, 2.24) is 9.80 Å². The molecule has 1 amide bonds. The molecule has 6 heteroatoms. The number of aliphatic hydroxyl groups is 1. The van der Waals surface area contributed by atoms with Gasteiger partial charge in [0.25, 0.3) is 0 Å². The van der Waals surface area contributed by atoms with Crippen molar-refractivity contribution in [3.8, 4) is 0 Å². The molecule has 0 saturated carbocycles. The Hall–Kier alpha value is -1.17. The third kappa shape index (κ3) is 4.43. The quantitative estimate of drug-likeness (QED) is 0.894. The summed E-state index contributed by atoms with van der Waals surface area (Å²) in [6, 6.07) is 4.27. The van der Waals surface area contributed by atoms with Crippen LogP contribution in [0.15, 0.2) is 18.2 Å². The lowest BCUT2D eigenvalue weighted by Crippen LogP contribution is -2.48. The molecule has 1 N–H and O–H groups in total. The van der Waals surface area contributed by atoms with Gasteiger partial charge in [-0.2, -0.15) is 0 Å². The van der Waals surface area contributed by atoms with Crippen LogP contribution < -0.4 is 0 Å². The minimum absolute atomic E-state index is 0.0493. The lowest BCUT2D eigenvalue weighted by Gasteiger charge is -2.36. The van der Waals surface area contributed by atoms with Crippen LogP contribution in [0.5, 0.6) is 0 Å². The Morgan fingerprint density at radius 3 is 2.70 bits per heavy atom. The number of benzene rings is 1. The van der Waals surface area contributed by atoms with Gasteiger partial charge in [-0.05, 0) is 50.9 Å². The number of carbonyl (C=O) groups is 1. The van der Waals surface area contributed by atoms with Crippen LogP contribution in [-0.4, -0.2) is 53.6 Å². The highest BCUT2D eigenvalue weighted by Gasteiger charge is 2.28. The van der Waals surface area contributed by atoms with Crippen molar-refractivity contribution in [2.75, 3.05) is 26.7 Å². The summed E-state index contributed by atoms with van der Waals surface area (Å²) in [5.74, 6) is -0.108. The predicted octanol–water partition coefficient (Wildman–Crippen LogP) is 2.53. The minimum atomic E-state index is -0.395. The maximum absolute atomic E-state index is 13.9. The van der Waals surface area contributed by atoms with Crippen LogP contribution in [0.4, 0.5) is 4.39 Å². The van der Waals surface area contributed by atoms with Gasteiger partial charge in [-0.25, -0.2) is 4.39 Å². The third-order valence-corrected chi connectivity index (χ3v) is 5.00. The van der Waals surface area contributed by atoms with Crippen molar-refractivity contribution in [1.29, 1.82) is 0 Å². The molecule has 0 aliphatic carbocycles. The molecule has 1 aromatic rings. The molecule has 0 bridgehead atoms. The first kappa shape index (κ1) is 18.2. The Balaban J connectivity index is 1.96. The topological polar surface area (TPSA) is 43.8 Å². The van der Waals surface area contributed by atoms with Gasteiger partial charge in [-0.1, -0.05) is 17.7 Å². The first-order valence-electron chi connectivity index (χ1n) is 7.96. The van der Waals surface area contributed by atoms with Gasteiger partial charge in [-0.3, -0.25) is 9.69 Å². The van der Waals surface area contributed by atoms with Crippen molar-refractivity contribution in [2.24, 2.45) is 5.92 Å². The summed E-state index contributed by atoms with van der Waals surface area (Å²) in [4.78, 5) is 16.2. The van der Waals surface area contributed by atoms with E-state index in [1.54, 1.807) is 19.2 Å². The molecular weight excluding hydrogens is 319 g/mol. The van der Waals surface area contributed by atoms with Crippen molar-refractivity contribution in [2.45, 2.75) is 32.4 Å². The maximum Gasteiger partial charge on any atom is 0.239 e. The zero-order valence-corrected chi connectivity index (χ0v) is 14.4. The smallest absolute Gasteiger partial charge is 0.239 e. The normalized spacial score (nSPS) is 18.0. The molecule has 2 rings (SSSR count). The molecule has 1 aliphatic heterocycles. The van der Waals surface area contributed by atoms with Gasteiger partial charge in [0.15, 0.2) is 0 Å². The van der Waals surface area contributed by atoms with Crippen molar-refractivity contribution in [3.63, 3.8) is 0 Å². The maximum atomic E-state index is 13.9. The Bertz CT molecular complexity index is 527. The molecule has 0 aromatic heterocycles. The van der Waals surface area contributed by atoms with Gasteiger partial charge in [0, 0.05) is 30.8 Å². The summed E-state index contributed by atoms with van der Waals surface area (Å²) in [6.07, 6.45) is 1.80. The van der Waals surface area contributed by atoms with Crippen LogP contribution in [0, 0.1) is 11.7 Å². The van der Waals surface area contributed by atoms with Crippen LogP contribution in [0.25, 0.3) is 0 Å². The fraction of sp³-hybridized carbons (Fsp3) is 0.588. The molecule has 1 aromatic carbocycles. The van der Waals surface area contributed by atoms with E-state index >= 15 is 0 Å². The Morgan fingerprint density at radius 1 is 1.48 bits per heavy atom. The molecule has 4 nitrogen and oxygen atoms in total. The average Bonchev–Trinajstić information content (AvgIpc) is 2.57. The third-order valence-electron chi connectivity index (χ3n) is 4.65. The number of amides is 1. The molecule has 0 spiro atoms. The molecule has 0 radical (unpaired) electrons. The van der Waals surface area contributed by atoms with Crippen LogP contribution >= 0.6 is 11.6 Å². The molecule has 1 atom stereocenters. The molecule has 23 heavy (non-hydrogen) atoms. The highest BCUT2D eigenvalue weighted by molar-refractivity contribution is 6.31. The lowest BCUT2D eigenvalue weighted by molar-refractivity contribution is -0.136. The molecule has 1 saturated heterocycles. The predicted molar refractivity (Wildman–Crippen MR) is 88.7 cm³/mol. The number of nitrogens with zero attached hydrogens (tertiary/aromatic N) is 2. The second-order valence-electron chi connectivity index (χ2n) is 6.23. The van der Waals surface area contributed by atoms with Gasteiger partial charge in [-0.15, -0.1) is 0 Å². The summed E-state index contributed by atoms with van der Waals surface area (Å²) in [5.41, 5.74) is 0.344. The fourth-order valence-corrected chi connectivity index (χ4v) is 3.22. The van der Waals surface area contributed by atoms with Gasteiger partial charge < -0.3 is 10.0 Å². The molecule has 1 aliphatic rings. The zero-order chi connectivity index (χ0) is 17.0. The largest absolute Gasteiger partial charge is 0.396 e. The number of aliphatic hydroxyl groups excluding tert-OH is 1. The number of piperidine rings is 1. The summed E-state index contributed by atoms with van der Waals surface area (Å²) in [5, 5.41) is 9.52. The van der Waals surface area contributed by atoms with Crippen molar-refractivity contribution >= 4 is 17.5 Å². The number of rotatable bonds is 5. The first-order chi connectivity index (χ1) is 10.9. The summed E-state index contributed by atoms with van der Waals surface area (Å²) in [6.45, 7) is 3.84. The fourth-order valence-electron chi connectivity index (χ4n) is 3.00. The molecule has 128 valence electrons. The van der Waals surface area contributed by atoms with E-state index in [0.29, 0.717) is 16.5 Å². The number of hydrogen-bond donors (Lipinski definition) is 1. The van der Waals surface area contributed by atoms with E-state index in [2.05, 4.69) is 4.90 Å². The zero-order valence-electron chi connectivity index (χ0n) is 13.6. The average molecular weight is 343 g/mol. The lowest BCUT2D eigenvalue weighted by atomic mass is 9.96. The number of likely N-dealkylation sites (N-methyl/N-ethyl adjacent to an activating group) is 1. The number of carbonyl (C=O) groups excluding carboxylic acids is 1. The van der Waals surface area contributed by atoms with Crippen LogP contribution in [0.1, 0.15) is 25.3 Å². The van der Waals surface area contributed by atoms with Crippen LogP contribution in [-0.2, 0) is 11.3 Å². The summed E-state index contributed by atoms with van der Waals surface area (Å²) in [7, 11) is 1.67. The van der Waals surface area contributed by atoms with E-state index < -0.39 is 5.82 Å². The van der Waals surface area contributed by atoms with Crippen LogP contribution in [0.3, 0.4) is 0 Å². The second-order valence-corrected chi connectivity index (χ2v) is 6.64. The monoisotopic (exact) mass is 342 g/mol. The van der Waals surface area contributed by atoms with E-state index in [-0.39, 0.29) is 25.1 Å². The van der Waals surface area contributed by atoms with E-state index in [4.69, 9.17) is 11.6 Å². The van der Waals surface area contributed by atoms with Gasteiger partial charge in [0.2, 0.25) is 5.91 Å². The Morgan fingerprint density at radius 2 is 2.13 bits per heavy atom. The SMILES string of the molecule is CC(C(=O)N(C)Cc1c(F)cccc1Cl)N1CCC(CO)CC1. The van der Waals surface area contributed by atoms with E-state index in [1.165, 1.54) is 11.0 Å². The van der Waals surface area contributed by atoms with Gasteiger partial charge in [0.1, 0.15) is 5.82 Å². The van der Waals surface area contributed by atoms with Crippen molar-refractivity contribution in [3.05, 3.63) is 34.6 Å². The molecule has 1 heterocycles. The number of hydrogen-bond acceptors (Lipinski definition) is 3. The Labute approximate surface area is 141 Å². The van der Waals surface area contributed by atoms with Crippen molar-refractivity contribution < 1.29 is 14.3 Å². The highest BCUT2D eigenvalue weighted by Crippen LogP contribution is 2.22. The molecule has 1 fully saturated rings. The van der Waals surface area contributed by atoms with Gasteiger partial charge in [0.05, 0.1) is 6.04 Å². The summed E-state index contributed by atoms with van der Waals surface area (Å²) >= 11 is 6.03. The van der Waals surface area contributed by atoms with E-state index in [9.17, 15) is 14.3 Å². The van der Waals surface area contributed by atoms with E-state index in [1.807, 2.05) is 6.92 Å². The Kier molecular flexibility index (Phi) is 6.39.